The molecule has 0 saturated heterocycles. The van der Waals surface area contributed by atoms with Gasteiger partial charge < -0.3 is 14.6 Å². The molecule has 1 N–H and O–H groups in total. The van der Waals surface area contributed by atoms with E-state index in [1.165, 1.54) is 6.33 Å². The zero-order valence-corrected chi connectivity index (χ0v) is 12.6. The molecule has 0 aliphatic heterocycles. The smallest absolute Gasteiger partial charge is 0.164 e. The molecular formula is C15H21N3O3. The van der Waals surface area contributed by atoms with Crippen LogP contribution in [0.25, 0.3) is 0 Å². The zero-order chi connectivity index (χ0) is 15.2. The van der Waals surface area contributed by atoms with E-state index in [4.69, 9.17) is 9.47 Å². The van der Waals surface area contributed by atoms with Crippen LogP contribution in [-0.4, -0.2) is 27.0 Å². The van der Waals surface area contributed by atoms with Gasteiger partial charge in [0.2, 0.25) is 0 Å². The fourth-order valence-corrected chi connectivity index (χ4v) is 2.00. The Morgan fingerprint density at radius 2 is 2.14 bits per heavy atom. The van der Waals surface area contributed by atoms with Crippen LogP contribution in [-0.2, 0) is 13.2 Å². The molecule has 0 radical (unpaired) electrons. The Hall–Kier alpha value is -2.08. The number of nitrogens with zero attached hydrogens (tertiary/aromatic N) is 3. The molecule has 0 amide bonds. The third kappa shape index (κ3) is 3.72. The van der Waals surface area contributed by atoms with Crippen LogP contribution in [0.3, 0.4) is 0 Å². The SMILES string of the molecule is CCCn1ncnc1COc1ccc(C(C)O)cc1OC. The molecule has 0 saturated carbocycles. The molecule has 1 unspecified atom stereocenters. The van der Waals surface area contributed by atoms with Crippen LogP contribution in [0.1, 0.15) is 37.8 Å². The molecule has 1 aromatic heterocycles. The predicted octanol–water partition coefficient (Wildman–Crippen LogP) is 2.33. The third-order valence-corrected chi connectivity index (χ3v) is 3.16. The van der Waals surface area contributed by atoms with Crippen molar-refractivity contribution in [3.63, 3.8) is 0 Å². The summed E-state index contributed by atoms with van der Waals surface area (Å²) in [4.78, 5) is 4.20. The second kappa shape index (κ2) is 7.08. The molecule has 114 valence electrons. The van der Waals surface area contributed by atoms with Crippen LogP contribution in [0, 0.1) is 0 Å². The summed E-state index contributed by atoms with van der Waals surface area (Å²) in [5.74, 6) is 1.99. The normalized spacial score (nSPS) is 12.2. The molecule has 6 heteroatoms. The first-order valence-electron chi connectivity index (χ1n) is 7.01. The highest BCUT2D eigenvalue weighted by Gasteiger charge is 2.10. The maximum atomic E-state index is 9.59. The summed E-state index contributed by atoms with van der Waals surface area (Å²) in [5.41, 5.74) is 0.786. The Kier molecular flexibility index (Phi) is 5.16. The quantitative estimate of drug-likeness (QED) is 0.848. The van der Waals surface area contributed by atoms with Gasteiger partial charge in [-0.05, 0) is 31.0 Å². The van der Waals surface area contributed by atoms with Gasteiger partial charge in [0.15, 0.2) is 17.3 Å². The first kappa shape index (κ1) is 15.3. The van der Waals surface area contributed by atoms with Crippen LogP contribution in [0.4, 0.5) is 0 Å². The van der Waals surface area contributed by atoms with Gasteiger partial charge in [-0.15, -0.1) is 0 Å². The summed E-state index contributed by atoms with van der Waals surface area (Å²) < 4.78 is 12.9. The minimum Gasteiger partial charge on any atom is -0.493 e. The van der Waals surface area contributed by atoms with Gasteiger partial charge in [0.05, 0.1) is 13.2 Å². The summed E-state index contributed by atoms with van der Waals surface area (Å²) in [7, 11) is 1.58. The van der Waals surface area contributed by atoms with E-state index in [2.05, 4.69) is 17.0 Å². The summed E-state index contributed by atoms with van der Waals surface area (Å²) in [6.07, 6.45) is 1.98. The number of methoxy groups -OCH3 is 1. The van der Waals surface area contributed by atoms with Gasteiger partial charge in [-0.25, -0.2) is 9.67 Å². The Morgan fingerprint density at radius 3 is 2.81 bits per heavy atom. The summed E-state index contributed by atoms with van der Waals surface area (Å²) >= 11 is 0. The highest BCUT2D eigenvalue weighted by atomic mass is 16.5. The van der Waals surface area contributed by atoms with E-state index in [9.17, 15) is 5.11 Å². The van der Waals surface area contributed by atoms with Gasteiger partial charge in [-0.3, -0.25) is 0 Å². The average molecular weight is 291 g/mol. The number of rotatable bonds is 7. The van der Waals surface area contributed by atoms with E-state index in [-0.39, 0.29) is 0 Å². The molecule has 0 bridgehead atoms. The van der Waals surface area contributed by atoms with Crippen molar-refractivity contribution in [3.8, 4) is 11.5 Å². The van der Waals surface area contributed by atoms with Crippen molar-refractivity contribution < 1.29 is 14.6 Å². The fourth-order valence-electron chi connectivity index (χ4n) is 2.00. The number of aromatic nitrogens is 3. The molecule has 0 spiro atoms. The Labute approximate surface area is 124 Å². The number of hydrogen-bond acceptors (Lipinski definition) is 5. The molecule has 1 heterocycles. The molecule has 0 aliphatic rings. The second-order valence-electron chi connectivity index (χ2n) is 4.77. The van der Waals surface area contributed by atoms with E-state index in [0.717, 1.165) is 24.4 Å². The summed E-state index contributed by atoms with van der Waals surface area (Å²) in [5, 5.41) is 13.8. The molecule has 21 heavy (non-hydrogen) atoms. The minimum atomic E-state index is -0.541. The molecule has 0 aliphatic carbocycles. The standard InChI is InChI=1S/C15H21N3O3/c1-4-7-18-15(16-10-17-18)9-21-13-6-5-12(11(2)19)8-14(13)20-3/h5-6,8,10-11,19H,4,7,9H2,1-3H3. The molecule has 1 atom stereocenters. The topological polar surface area (TPSA) is 69.4 Å². The van der Waals surface area contributed by atoms with Crippen molar-refractivity contribution in [2.45, 2.75) is 39.5 Å². The molecule has 0 fully saturated rings. The molecular weight excluding hydrogens is 270 g/mol. The van der Waals surface area contributed by atoms with Crippen molar-refractivity contribution in [1.29, 1.82) is 0 Å². The van der Waals surface area contributed by atoms with Crippen LogP contribution >= 0.6 is 0 Å². The number of hydrogen-bond donors (Lipinski definition) is 1. The first-order chi connectivity index (χ1) is 10.2. The lowest BCUT2D eigenvalue weighted by atomic mass is 10.1. The van der Waals surface area contributed by atoms with Gasteiger partial charge in [0.1, 0.15) is 12.9 Å². The van der Waals surface area contributed by atoms with Crippen LogP contribution in [0.2, 0.25) is 0 Å². The van der Waals surface area contributed by atoms with Crippen molar-refractivity contribution in [2.24, 2.45) is 0 Å². The predicted molar refractivity (Wildman–Crippen MR) is 78.3 cm³/mol. The Bertz CT molecular complexity index is 581. The number of benzene rings is 1. The minimum absolute atomic E-state index is 0.324. The highest BCUT2D eigenvalue weighted by Crippen LogP contribution is 2.30. The lowest BCUT2D eigenvalue weighted by Gasteiger charge is -2.13. The maximum Gasteiger partial charge on any atom is 0.164 e. The largest absolute Gasteiger partial charge is 0.493 e. The van der Waals surface area contributed by atoms with Gasteiger partial charge in [-0.1, -0.05) is 13.0 Å². The van der Waals surface area contributed by atoms with E-state index in [0.29, 0.717) is 18.1 Å². The highest BCUT2D eigenvalue weighted by molar-refractivity contribution is 5.43. The van der Waals surface area contributed by atoms with E-state index in [1.54, 1.807) is 26.2 Å². The van der Waals surface area contributed by atoms with E-state index in [1.807, 2.05) is 10.7 Å². The summed E-state index contributed by atoms with van der Waals surface area (Å²) in [6, 6.07) is 5.39. The van der Waals surface area contributed by atoms with Crippen LogP contribution in [0.5, 0.6) is 11.5 Å². The molecule has 2 aromatic rings. The number of ether oxygens (including phenoxy) is 2. The van der Waals surface area contributed by atoms with Crippen molar-refractivity contribution in [1.82, 2.24) is 14.8 Å². The first-order valence-corrected chi connectivity index (χ1v) is 7.01. The Morgan fingerprint density at radius 1 is 1.33 bits per heavy atom. The number of aliphatic hydroxyl groups excluding tert-OH is 1. The molecule has 6 nitrogen and oxygen atoms in total. The number of aryl methyl sites for hydroxylation is 1. The van der Waals surface area contributed by atoms with Gasteiger partial charge in [0, 0.05) is 6.54 Å². The van der Waals surface area contributed by atoms with Crippen LogP contribution < -0.4 is 9.47 Å². The fraction of sp³-hybridized carbons (Fsp3) is 0.467. The molecule has 1 aromatic carbocycles. The lowest BCUT2D eigenvalue weighted by Crippen LogP contribution is -2.09. The van der Waals surface area contributed by atoms with Crippen molar-refractivity contribution in [2.75, 3.05) is 7.11 Å². The lowest BCUT2D eigenvalue weighted by molar-refractivity contribution is 0.198. The summed E-state index contributed by atoms with van der Waals surface area (Å²) in [6.45, 7) is 4.94. The second-order valence-corrected chi connectivity index (χ2v) is 4.77. The van der Waals surface area contributed by atoms with Gasteiger partial charge >= 0.3 is 0 Å². The van der Waals surface area contributed by atoms with Crippen LogP contribution in [0.15, 0.2) is 24.5 Å². The third-order valence-electron chi connectivity index (χ3n) is 3.16. The van der Waals surface area contributed by atoms with E-state index < -0.39 is 6.10 Å². The molecule has 2 rings (SSSR count). The van der Waals surface area contributed by atoms with Gasteiger partial charge in [-0.2, -0.15) is 5.10 Å². The monoisotopic (exact) mass is 291 g/mol. The van der Waals surface area contributed by atoms with E-state index >= 15 is 0 Å². The van der Waals surface area contributed by atoms with Crippen molar-refractivity contribution in [3.05, 3.63) is 35.9 Å². The average Bonchev–Trinajstić information content (AvgIpc) is 2.92. The van der Waals surface area contributed by atoms with Gasteiger partial charge in [0.25, 0.3) is 0 Å². The number of aliphatic hydroxyl groups is 1. The zero-order valence-electron chi connectivity index (χ0n) is 12.6. The maximum absolute atomic E-state index is 9.59. The Balaban J connectivity index is 2.10. The van der Waals surface area contributed by atoms with Crippen molar-refractivity contribution >= 4 is 0 Å².